The van der Waals surface area contributed by atoms with Crippen LogP contribution in [0.1, 0.15) is 40.1 Å². The van der Waals surface area contributed by atoms with E-state index in [1.54, 1.807) is 38.3 Å². The van der Waals surface area contributed by atoms with Gasteiger partial charge >= 0.3 is 5.97 Å². The van der Waals surface area contributed by atoms with Crippen molar-refractivity contribution in [2.75, 3.05) is 12.4 Å². The number of carboxylic acid groups (broad SMARTS) is 1. The molecule has 0 aliphatic carbocycles. The zero-order chi connectivity index (χ0) is 18.6. The summed E-state index contributed by atoms with van der Waals surface area (Å²) in [6.45, 7) is 5.51. The van der Waals surface area contributed by atoms with Crippen LogP contribution in [0.5, 0.6) is 11.5 Å². The van der Waals surface area contributed by atoms with E-state index >= 15 is 0 Å². The Morgan fingerprint density at radius 2 is 1.84 bits per heavy atom. The van der Waals surface area contributed by atoms with E-state index in [2.05, 4.69) is 5.32 Å². The third-order valence-electron chi connectivity index (χ3n) is 3.52. The molecule has 0 saturated carbocycles. The van der Waals surface area contributed by atoms with Gasteiger partial charge in [0.2, 0.25) is 0 Å². The molecule has 0 bridgehead atoms. The van der Waals surface area contributed by atoms with Crippen molar-refractivity contribution in [3.8, 4) is 11.5 Å². The SMILES string of the molecule is COc1ccc(C(=O)Nc2cc(C(=O)O)ccc2OC(C)C)c(C)c1. The number of amides is 1. The molecule has 1 amide bonds. The van der Waals surface area contributed by atoms with Gasteiger partial charge in [-0.15, -0.1) is 0 Å². The number of benzene rings is 2. The Hall–Kier alpha value is -3.02. The molecule has 0 unspecified atom stereocenters. The minimum atomic E-state index is -1.08. The summed E-state index contributed by atoms with van der Waals surface area (Å²) in [7, 11) is 1.56. The lowest BCUT2D eigenvalue weighted by molar-refractivity contribution is 0.0696. The van der Waals surface area contributed by atoms with Crippen LogP contribution >= 0.6 is 0 Å². The number of carbonyl (C=O) groups is 2. The van der Waals surface area contributed by atoms with Gasteiger partial charge in [0.15, 0.2) is 0 Å². The molecule has 0 saturated heterocycles. The Morgan fingerprint density at radius 3 is 2.40 bits per heavy atom. The lowest BCUT2D eigenvalue weighted by Crippen LogP contribution is -2.16. The maximum atomic E-state index is 12.6. The van der Waals surface area contributed by atoms with Crippen molar-refractivity contribution in [2.24, 2.45) is 0 Å². The van der Waals surface area contributed by atoms with Crippen molar-refractivity contribution in [3.05, 3.63) is 53.1 Å². The van der Waals surface area contributed by atoms with Gasteiger partial charge in [-0.3, -0.25) is 4.79 Å². The van der Waals surface area contributed by atoms with Crippen molar-refractivity contribution in [1.29, 1.82) is 0 Å². The Labute approximate surface area is 146 Å². The first-order valence-electron chi connectivity index (χ1n) is 7.81. The highest BCUT2D eigenvalue weighted by molar-refractivity contribution is 6.06. The van der Waals surface area contributed by atoms with E-state index in [9.17, 15) is 9.59 Å². The first-order valence-corrected chi connectivity index (χ1v) is 7.81. The van der Waals surface area contributed by atoms with Crippen LogP contribution in [-0.2, 0) is 0 Å². The highest BCUT2D eigenvalue weighted by Gasteiger charge is 2.16. The molecule has 2 N–H and O–H groups in total. The van der Waals surface area contributed by atoms with Gasteiger partial charge in [0.1, 0.15) is 11.5 Å². The van der Waals surface area contributed by atoms with Crippen molar-refractivity contribution in [3.63, 3.8) is 0 Å². The minimum absolute atomic E-state index is 0.0675. The fourth-order valence-corrected chi connectivity index (χ4v) is 2.32. The second-order valence-corrected chi connectivity index (χ2v) is 5.82. The second-order valence-electron chi connectivity index (χ2n) is 5.82. The largest absolute Gasteiger partial charge is 0.497 e. The average Bonchev–Trinajstić information content (AvgIpc) is 2.55. The van der Waals surface area contributed by atoms with Crippen LogP contribution < -0.4 is 14.8 Å². The number of carboxylic acids is 1. The van der Waals surface area contributed by atoms with Gasteiger partial charge in [-0.1, -0.05) is 0 Å². The number of aryl methyl sites for hydroxylation is 1. The summed E-state index contributed by atoms with van der Waals surface area (Å²) in [5.74, 6) is -0.353. The molecule has 0 aliphatic rings. The van der Waals surface area contributed by atoms with Gasteiger partial charge in [0.25, 0.3) is 5.91 Å². The number of anilines is 1. The van der Waals surface area contributed by atoms with Gasteiger partial charge in [0.05, 0.1) is 24.5 Å². The number of hydrogen-bond acceptors (Lipinski definition) is 4. The molecule has 2 aromatic carbocycles. The number of methoxy groups -OCH3 is 1. The standard InChI is InChI=1S/C19H21NO5/c1-11(2)25-17-8-5-13(19(22)23)10-16(17)20-18(21)15-7-6-14(24-4)9-12(15)3/h5-11H,1-4H3,(H,20,21)(H,22,23). The van der Waals surface area contributed by atoms with Crippen molar-refractivity contribution in [2.45, 2.75) is 26.9 Å². The van der Waals surface area contributed by atoms with Crippen LogP contribution in [0.15, 0.2) is 36.4 Å². The number of hydrogen-bond donors (Lipinski definition) is 2. The summed E-state index contributed by atoms with van der Waals surface area (Å²) in [5, 5.41) is 11.9. The van der Waals surface area contributed by atoms with E-state index in [0.717, 1.165) is 5.56 Å². The molecular formula is C19H21NO5. The predicted octanol–water partition coefficient (Wildman–Crippen LogP) is 3.74. The van der Waals surface area contributed by atoms with Crippen LogP contribution in [-0.4, -0.2) is 30.2 Å². The molecule has 0 aromatic heterocycles. The Kier molecular flexibility index (Phi) is 5.64. The van der Waals surface area contributed by atoms with Gasteiger partial charge in [-0.25, -0.2) is 4.79 Å². The zero-order valence-corrected chi connectivity index (χ0v) is 14.6. The van der Waals surface area contributed by atoms with E-state index < -0.39 is 5.97 Å². The van der Waals surface area contributed by atoms with Crippen molar-refractivity contribution in [1.82, 2.24) is 0 Å². The normalized spacial score (nSPS) is 10.4. The van der Waals surface area contributed by atoms with Gasteiger partial charge in [-0.05, 0) is 62.7 Å². The second kappa shape index (κ2) is 7.70. The summed E-state index contributed by atoms with van der Waals surface area (Å²) >= 11 is 0. The monoisotopic (exact) mass is 343 g/mol. The number of rotatable bonds is 6. The molecule has 25 heavy (non-hydrogen) atoms. The lowest BCUT2D eigenvalue weighted by Gasteiger charge is -2.16. The summed E-state index contributed by atoms with van der Waals surface area (Å²) in [5.41, 5.74) is 1.60. The third-order valence-corrected chi connectivity index (χ3v) is 3.52. The van der Waals surface area contributed by atoms with Crippen molar-refractivity contribution < 1.29 is 24.2 Å². The summed E-state index contributed by atoms with van der Waals surface area (Å²) in [4.78, 5) is 23.8. The first kappa shape index (κ1) is 18.3. The molecule has 0 aliphatic heterocycles. The number of ether oxygens (including phenoxy) is 2. The average molecular weight is 343 g/mol. The summed E-state index contributed by atoms with van der Waals surface area (Å²) < 4.78 is 10.8. The fourth-order valence-electron chi connectivity index (χ4n) is 2.32. The number of aromatic carboxylic acids is 1. The van der Waals surface area contributed by atoms with E-state index in [-0.39, 0.29) is 17.6 Å². The Morgan fingerprint density at radius 1 is 1.12 bits per heavy atom. The Bertz CT molecular complexity index is 798. The molecule has 0 radical (unpaired) electrons. The van der Waals surface area contributed by atoms with Crippen LogP contribution in [0.25, 0.3) is 0 Å². The highest BCUT2D eigenvalue weighted by atomic mass is 16.5. The zero-order valence-electron chi connectivity index (χ0n) is 14.6. The van der Waals surface area contributed by atoms with E-state index in [1.165, 1.54) is 12.1 Å². The molecule has 132 valence electrons. The van der Waals surface area contributed by atoms with Crippen molar-refractivity contribution >= 4 is 17.6 Å². The molecule has 6 nitrogen and oxygen atoms in total. The van der Waals surface area contributed by atoms with Crippen LogP contribution in [0.2, 0.25) is 0 Å². The highest BCUT2D eigenvalue weighted by Crippen LogP contribution is 2.28. The fraction of sp³-hybridized carbons (Fsp3) is 0.263. The molecule has 0 fully saturated rings. The van der Waals surface area contributed by atoms with E-state index in [4.69, 9.17) is 14.6 Å². The maximum Gasteiger partial charge on any atom is 0.335 e. The molecule has 0 spiro atoms. The third kappa shape index (κ3) is 4.50. The minimum Gasteiger partial charge on any atom is -0.497 e. The summed E-state index contributed by atoms with van der Waals surface area (Å²) in [6.07, 6.45) is -0.117. The van der Waals surface area contributed by atoms with Gasteiger partial charge in [0, 0.05) is 5.56 Å². The van der Waals surface area contributed by atoms with Crippen LogP contribution in [0, 0.1) is 6.92 Å². The smallest absolute Gasteiger partial charge is 0.335 e. The topological polar surface area (TPSA) is 84.9 Å². The van der Waals surface area contributed by atoms with E-state index in [0.29, 0.717) is 22.7 Å². The lowest BCUT2D eigenvalue weighted by atomic mass is 10.1. The molecule has 0 heterocycles. The van der Waals surface area contributed by atoms with Crippen LogP contribution in [0.3, 0.4) is 0 Å². The van der Waals surface area contributed by atoms with Crippen LogP contribution in [0.4, 0.5) is 5.69 Å². The van der Waals surface area contributed by atoms with Gasteiger partial charge < -0.3 is 19.9 Å². The number of nitrogens with one attached hydrogen (secondary N) is 1. The quantitative estimate of drug-likeness (QED) is 0.834. The molecule has 2 rings (SSSR count). The maximum absolute atomic E-state index is 12.6. The summed E-state index contributed by atoms with van der Waals surface area (Å²) in [6, 6.07) is 9.48. The van der Waals surface area contributed by atoms with E-state index in [1.807, 2.05) is 13.8 Å². The first-order chi connectivity index (χ1) is 11.8. The molecule has 6 heteroatoms. The molecule has 0 atom stereocenters. The predicted molar refractivity (Wildman–Crippen MR) is 94.8 cm³/mol. The molecule has 2 aromatic rings. The van der Waals surface area contributed by atoms with Gasteiger partial charge in [-0.2, -0.15) is 0 Å². The Balaban J connectivity index is 2.35. The molecular weight excluding hydrogens is 322 g/mol. The number of carbonyl (C=O) groups excluding carboxylic acids is 1.